The number of H-pyrrole nitrogens is 1. The molecule has 220 valence electrons. The fraction of sp³-hybridized carbons (Fsp3) is 0.281. The number of halogens is 1. The van der Waals surface area contributed by atoms with E-state index in [1.54, 1.807) is 12.1 Å². The number of hydrogen-bond donors (Lipinski definition) is 4. The van der Waals surface area contributed by atoms with E-state index in [1.165, 1.54) is 18.2 Å². The molecule has 1 aliphatic rings. The maximum Gasteiger partial charge on any atom is 0.258 e. The number of rotatable bonds is 11. The van der Waals surface area contributed by atoms with E-state index in [0.717, 1.165) is 42.5 Å². The highest BCUT2D eigenvalue weighted by Crippen LogP contribution is 2.40. The number of nitrogens with zero attached hydrogens (tertiary/aromatic N) is 2. The summed E-state index contributed by atoms with van der Waals surface area (Å²) in [5.74, 6) is -1.38. The number of amides is 2. The summed E-state index contributed by atoms with van der Waals surface area (Å²) in [6.07, 6.45) is 1.70. The Balaban J connectivity index is 1.62. The van der Waals surface area contributed by atoms with Crippen molar-refractivity contribution in [1.82, 2.24) is 20.5 Å². The molecule has 0 spiro atoms. The molecule has 1 aromatic heterocycles. The third kappa shape index (κ3) is 7.37. The Bertz CT molecular complexity index is 1540. The third-order valence-electron chi connectivity index (χ3n) is 7.04. The van der Waals surface area contributed by atoms with Crippen LogP contribution in [0.5, 0.6) is 0 Å². The van der Waals surface area contributed by atoms with Crippen molar-refractivity contribution < 1.29 is 19.1 Å². The summed E-state index contributed by atoms with van der Waals surface area (Å²) in [4.78, 5) is 36.7. The zero-order valence-electron chi connectivity index (χ0n) is 24.3. The van der Waals surface area contributed by atoms with Crippen molar-refractivity contribution in [2.24, 2.45) is 4.99 Å². The average Bonchev–Trinajstić information content (AvgIpc) is 3.43. The Morgan fingerprint density at radius 1 is 1.05 bits per heavy atom. The Hall–Kier alpha value is -4.15. The highest BCUT2D eigenvalue weighted by molar-refractivity contribution is 8.18. The molecule has 4 N–H and O–H groups in total. The quantitative estimate of drug-likeness (QED) is 0.226. The van der Waals surface area contributed by atoms with Gasteiger partial charge in [-0.15, -0.1) is 0 Å². The van der Waals surface area contributed by atoms with Crippen LogP contribution in [0.3, 0.4) is 0 Å². The van der Waals surface area contributed by atoms with E-state index in [4.69, 9.17) is 0 Å². The van der Waals surface area contributed by atoms with E-state index < -0.39 is 11.7 Å². The van der Waals surface area contributed by atoms with E-state index in [0.29, 0.717) is 34.1 Å². The molecule has 0 saturated heterocycles. The summed E-state index contributed by atoms with van der Waals surface area (Å²) in [6, 6.07) is 15.1. The lowest BCUT2D eigenvalue weighted by Crippen LogP contribution is -2.35. The van der Waals surface area contributed by atoms with Gasteiger partial charge >= 0.3 is 0 Å². The monoisotopic (exact) mass is 589 g/mol. The smallest absolute Gasteiger partial charge is 0.258 e. The van der Waals surface area contributed by atoms with Crippen LogP contribution in [0.2, 0.25) is 0 Å². The average molecular weight is 590 g/mol. The van der Waals surface area contributed by atoms with Crippen LogP contribution in [-0.2, 0) is 11.3 Å². The lowest BCUT2D eigenvalue weighted by molar-refractivity contribution is -0.117. The molecule has 0 unspecified atom stereocenters. The molecule has 42 heavy (non-hydrogen) atoms. The highest BCUT2D eigenvalue weighted by Gasteiger charge is 2.32. The second-order valence-electron chi connectivity index (χ2n) is 9.85. The number of thioether (sulfide) groups is 1. The van der Waals surface area contributed by atoms with Gasteiger partial charge in [-0.25, -0.2) is 9.38 Å². The van der Waals surface area contributed by atoms with Crippen molar-refractivity contribution in [3.05, 3.63) is 105 Å². The van der Waals surface area contributed by atoms with Gasteiger partial charge in [0, 0.05) is 31.0 Å². The van der Waals surface area contributed by atoms with Crippen molar-refractivity contribution in [2.75, 3.05) is 26.2 Å². The highest BCUT2D eigenvalue weighted by atomic mass is 32.2. The van der Waals surface area contributed by atoms with Crippen molar-refractivity contribution in [1.29, 1.82) is 0 Å². The zero-order chi connectivity index (χ0) is 30.2. The molecule has 0 saturated carbocycles. The van der Waals surface area contributed by atoms with Crippen LogP contribution in [-0.4, -0.2) is 58.0 Å². The normalized spacial score (nSPS) is 15.2. The molecular formula is C32H36FN5O3S. The fourth-order valence-corrected chi connectivity index (χ4v) is 5.71. The molecule has 4 rings (SSSR count). The van der Waals surface area contributed by atoms with Crippen LogP contribution >= 0.6 is 11.8 Å². The van der Waals surface area contributed by atoms with Crippen LogP contribution < -0.4 is 10.6 Å². The molecule has 3 aromatic rings. The molecule has 2 amide bonds. The van der Waals surface area contributed by atoms with E-state index in [1.807, 2.05) is 44.2 Å². The van der Waals surface area contributed by atoms with Gasteiger partial charge in [-0.2, -0.15) is 0 Å². The number of benzene rings is 2. The van der Waals surface area contributed by atoms with Gasteiger partial charge in [0.25, 0.3) is 11.8 Å². The molecule has 0 radical (unpaired) electrons. The number of carbonyl (C=O) groups is 2. The van der Waals surface area contributed by atoms with Crippen LogP contribution in [0.4, 0.5) is 10.1 Å². The second kappa shape index (κ2) is 14.2. The first-order valence-electron chi connectivity index (χ1n) is 13.9. The number of aliphatic imine (C=N–C) groups is 1. The topological polar surface area (TPSA) is 110 Å². The van der Waals surface area contributed by atoms with E-state index in [2.05, 4.69) is 39.4 Å². The Kier molecular flexibility index (Phi) is 10.4. The van der Waals surface area contributed by atoms with Gasteiger partial charge in [-0.3, -0.25) is 9.59 Å². The van der Waals surface area contributed by atoms with Crippen LogP contribution in [0.25, 0.3) is 6.08 Å². The molecule has 1 aliphatic heterocycles. The molecule has 0 bridgehead atoms. The Morgan fingerprint density at radius 3 is 2.48 bits per heavy atom. The summed E-state index contributed by atoms with van der Waals surface area (Å²) < 4.78 is 13.9. The number of aromatic nitrogens is 1. The first kappa shape index (κ1) is 30.8. The third-order valence-corrected chi connectivity index (χ3v) is 8.06. The first-order chi connectivity index (χ1) is 20.2. The number of aromatic amines is 1. The minimum atomic E-state index is -0.505. The van der Waals surface area contributed by atoms with Gasteiger partial charge in [0.1, 0.15) is 22.2 Å². The van der Waals surface area contributed by atoms with Crippen molar-refractivity contribution >= 4 is 40.4 Å². The van der Waals surface area contributed by atoms with E-state index >= 15 is 0 Å². The predicted octanol–water partition coefficient (Wildman–Crippen LogP) is 5.79. The number of aliphatic hydroxyl groups excluding tert-OH is 1. The number of aliphatic hydroxyl groups is 1. The summed E-state index contributed by atoms with van der Waals surface area (Å²) >= 11 is 1.10. The van der Waals surface area contributed by atoms with E-state index in [-0.39, 0.29) is 28.8 Å². The minimum Gasteiger partial charge on any atom is -0.506 e. The number of carbonyl (C=O) groups excluding carboxylic acids is 2. The maximum absolute atomic E-state index is 13.9. The molecule has 0 aliphatic carbocycles. The maximum atomic E-state index is 13.9. The number of aryl methyl sites for hydroxylation is 1. The number of likely N-dealkylation sites (N-methyl/N-ethyl adjacent to an activating group) is 1. The van der Waals surface area contributed by atoms with Crippen molar-refractivity contribution in [2.45, 2.75) is 34.2 Å². The fourth-order valence-electron chi connectivity index (χ4n) is 4.68. The van der Waals surface area contributed by atoms with Gasteiger partial charge in [-0.05, 0) is 62.3 Å². The Morgan fingerprint density at radius 2 is 1.79 bits per heavy atom. The molecule has 2 heterocycles. The minimum absolute atomic E-state index is 0.00161. The molecule has 0 atom stereocenters. The second-order valence-corrected chi connectivity index (χ2v) is 10.9. The Labute approximate surface area is 249 Å². The summed E-state index contributed by atoms with van der Waals surface area (Å²) in [5, 5.41) is 17.3. The standard InChI is InChI=1S/C32H36FN5O3S/c1-5-38(6-2)16-15-34-30(40)27-20(3)25(36-21(27)4)18-26-29(39)28(31(41)35-19-22-11-8-7-9-12-22)32(42-26)37-24-14-10-13-23(33)17-24/h7-14,17-18,36,39H,5-6,15-16,19H2,1-4H3,(H,34,40)(H,35,41)/b26-18+,37-32?. The molecule has 2 aromatic carbocycles. The van der Waals surface area contributed by atoms with Crippen LogP contribution in [0.1, 0.15) is 46.7 Å². The SMILES string of the molecule is CCN(CC)CCNC(=O)c1c(C)[nH]c(/C=C2/SC(=Nc3cccc(F)c3)C(C(=O)NCc3ccccc3)=C2O)c1C. The largest absolute Gasteiger partial charge is 0.506 e. The molecule has 0 fully saturated rings. The summed E-state index contributed by atoms with van der Waals surface area (Å²) in [6.45, 7) is 11.2. The van der Waals surface area contributed by atoms with Gasteiger partial charge in [-0.1, -0.05) is 62.0 Å². The van der Waals surface area contributed by atoms with Crippen LogP contribution in [0, 0.1) is 19.7 Å². The van der Waals surface area contributed by atoms with Gasteiger partial charge in [0.05, 0.1) is 16.2 Å². The number of nitrogens with one attached hydrogen (secondary N) is 3. The summed E-state index contributed by atoms with van der Waals surface area (Å²) in [7, 11) is 0. The molecular weight excluding hydrogens is 553 g/mol. The summed E-state index contributed by atoms with van der Waals surface area (Å²) in [5.41, 5.74) is 3.81. The van der Waals surface area contributed by atoms with Gasteiger partial charge < -0.3 is 25.6 Å². The van der Waals surface area contributed by atoms with Crippen molar-refractivity contribution in [3.8, 4) is 0 Å². The molecule has 10 heteroatoms. The van der Waals surface area contributed by atoms with E-state index in [9.17, 15) is 19.1 Å². The number of hydrogen-bond acceptors (Lipinski definition) is 6. The first-order valence-corrected chi connectivity index (χ1v) is 14.7. The predicted molar refractivity (Wildman–Crippen MR) is 167 cm³/mol. The zero-order valence-corrected chi connectivity index (χ0v) is 25.1. The van der Waals surface area contributed by atoms with Gasteiger partial charge in [0.2, 0.25) is 0 Å². The molecule has 8 nitrogen and oxygen atoms in total. The lowest BCUT2D eigenvalue weighted by atomic mass is 10.1. The lowest BCUT2D eigenvalue weighted by Gasteiger charge is -2.18. The van der Waals surface area contributed by atoms with Crippen molar-refractivity contribution in [3.63, 3.8) is 0 Å². The van der Waals surface area contributed by atoms with Crippen LogP contribution in [0.15, 0.2) is 75.8 Å². The van der Waals surface area contributed by atoms with Gasteiger partial charge in [0.15, 0.2) is 0 Å².